The highest BCUT2D eigenvalue weighted by Gasteiger charge is 2.40. The van der Waals surface area contributed by atoms with Gasteiger partial charge in [-0.05, 0) is 49.4 Å². The van der Waals surface area contributed by atoms with Gasteiger partial charge in [0.05, 0.1) is 23.2 Å². The Hall–Kier alpha value is -2.81. The van der Waals surface area contributed by atoms with Crippen LogP contribution in [0.4, 0.5) is 15.8 Å². The second-order valence-electron chi connectivity index (χ2n) is 6.32. The van der Waals surface area contributed by atoms with Crippen LogP contribution in [0.2, 0.25) is 0 Å². The summed E-state index contributed by atoms with van der Waals surface area (Å²) in [4.78, 5) is 11.2. The molecule has 144 valence electrons. The van der Waals surface area contributed by atoms with E-state index >= 15 is 0 Å². The van der Waals surface area contributed by atoms with Crippen molar-refractivity contribution in [3.05, 3.63) is 48.3 Å². The molecule has 1 aliphatic rings. The number of nitrogens with two attached hydrogens (primary N) is 1. The SMILES string of the molecule is CC(=O)NC[C@H]1Oc2ccc(N)cc2N(S(=O)(=O)c2ccc(F)cc2)[C@@H]1C. The summed E-state index contributed by atoms with van der Waals surface area (Å²) >= 11 is 0. The summed E-state index contributed by atoms with van der Waals surface area (Å²) in [5.74, 6) is -0.442. The predicted octanol–water partition coefficient (Wildman–Crippen LogP) is 1.89. The van der Waals surface area contributed by atoms with Gasteiger partial charge in [-0.3, -0.25) is 9.10 Å². The van der Waals surface area contributed by atoms with Crippen molar-refractivity contribution in [3.8, 4) is 5.75 Å². The number of benzene rings is 2. The van der Waals surface area contributed by atoms with E-state index in [1.54, 1.807) is 19.1 Å². The van der Waals surface area contributed by atoms with Gasteiger partial charge in [-0.2, -0.15) is 0 Å². The molecule has 0 aromatic heterocycles. The maximum Gasteiger partial charge on any atom is 0.264 e. The Morgan fingerprint density at radius 1 is 1.26 bits per heavy atom. The lowest BCUT2D eigenvalue weighted by Gasteiger charge is -2.41. The Labute approximate surface area is 157 Å². The Bertz CT molecular complexity index is 963. The smallest absolute Gasteiger partial charge is 0.264 e. The van der Waals surface area contributed by atoms with E-state index in [0.29, 0.717) is 17.1 Å². The van der Waals surface area contributed by atoms with Crippen molar-refractivity contribution in [2.75, 3.05) is 16.6 Å². The van der Waals surface area contributed by atoms with Crippen LogP contribution in [0.3, 0.4) is 0 Å². The summed E-state index contributed by atoms with van der Waals surface area (Å²) in [6.45, 7) is 3.19. The number of halogens is 1. The average Bonchev–Trinajstić information content (AvgIpc) is 2.60. The summed E-state index contributed by atoms with van der Waals surface area (Å²) in [6, 6.07) is 8.67. The third-order valence-corrected chi connectivity index (χ3v) is 6.24. The van der Waals surface area contributed by atoms with E-state index in [0.717, 1.165) is 12.1 Å². The fourth-order valence-electron chi connectivity index (χ4n) is 2.96. The number of anilines is 2. The summed E-state index contributed by atoms with van der Waals surface area (Å²) < 4.78 is 46.9. The van der Waals surface area contributed by atoms with Gasteiger partial charge < -0.3 is 15.8 Å². The van der Waals surface area contributed by atoms with Gasteiger partial charge in [0.1, 0.15) is 17.7 Å². The number of carbonyl (C=O) groups excluding carboxylic acids is 1. The fourth-order valence-corrected chi connectivity index (χ4v) is 4.65. The summed E-state index contributed by atoms with van der Waals surface area (Å²) in [7, 11) is -4.01. The molecule has 0 saturated heterocycles. The van der Waals surface area contributed by atoms with E-state index in [4.69, 9.17) is 10.5 Å². The minimum Gasteiger partial charge on any atom is -0.484 e. The molecule has 0 fully saturated rings. The van der Waals surface area contributed by atoms with Crippen molar-refractivity contribution in [2.24, 2.45) is 0 Å². The highest BCUT2D eigenvalue weighted by Crippen LogP contribution is 2.40. The number of carbonyl (C=O) groups is 1. The Morgan fingerprint density at radius 3 is 2.56 bits per heavy atom. The van der Waals surface area contributed by atoms with Crippen LogP contribution in [0.15, 0.2) is 47.4 Å². The molecule has 27 heavy (non-hydrogen) atoms. The van der Waals surface area contributed by atoms with Crippen LogP contribution >= 0.6 is 0 Å². The molecule has 0 aliphatic carbocycles. The lowest BCUT2D eigenvalue weighted by atomic mass is 10.1. The highest BCUT2D eigenvalue weighted by molar-refractivity contribution is 7.92. The summed E-state index contributed by atoms with van der Waals surface area (Å²) in [6.07, 6.45) is -0.611. The summed E-state index contributed by atoms with van der Waals surface area (Å²) in [5.41, 5.74) is 6.52. The summed E-state index contributed by atoms with van der Waals surface area (Å²) in [5, 5.41) is 2.65. The van der Waals surface area contributed by atoms with Crippen LogP contribution in [0, 0.1) is 5.82 Å². The molecule has 1 aliphatic heterocycles. The quantitative estimate of drug-likeness (QED) is 0.773. The maximum absolute atomic E-state index is 13.3. The molecule has 0 unspecified atom stereocenters. The standard InChI is InChI=1S/C18H20FN3O4S/c1-11-18(10-21-12(2)23)26-17-8-5-14(20)9-16(17)22(11)27(24,25)15-6-3-13(19)4-7-15/h3-9,11,18H,10,20H2,1-2H3,(H,21,23)/t11-,18-/m1/s1. The van der Waals surface area contributed by atoms with Crippen LogP contribution < -0.4 is 20.1 Å². The first-order chi connectivity index (χ1) is 12.7. The van der Waals surface area contributed by atoms with Crippen LogP contribution in [0.1, 0.15) is 13.8 Å². The van der Waals surface area contributed by atoms with Gasteiger partial charge in [-0.1, -0.05) is 0 Å². The number of ether oxygens (including phenoxy) is 1. The minimum atomic E-state index is -4.01. The molecule has 2 atom stereocenters. The molecule has 0 radical (unpaired) electrons. The number of fused-ring (bicyclic) bond motifs is 1. The monoisotopic (exact) mass is 393 g/mol. The van der Waals surface area contributed by atoms with E-state index in [9.17, 15) is 17.6 Å². The van der Waals surface area contributed by atoms with Gasteiger partial charge in [0.2, 0.25) is 5.91 Å². The number of amides is 1. The topological polar surface area (TPSA) is 102 Å². The van der Waals surface area contributed by atoms with Gasteiger partial charge in [0.25, 0.3) is 10.0 Å². The molecule has 7 nitrogen and oxygen atoms in total. The van der Waals surface area contributed by atoms with Crippen LogP contribution in [0.25, 0.3) is 0 Å². The average molecular weight is 393 g/mol. The first-order valence-corrected chi connectivity index (χ1v) is 9.75. The number of nitrogens with zero attached hydrogens (tertiary/aromatic N) is 1. The molecule has 1 amide bonds. The molecule has 3 N–H and O–H groups in total. The Kier molecular flexibility index (Phi) is 4.97. The molecule has 2 aromatic rings. The van der Waals surface area contributed by atoms with Crippen molar-refractivity contribution in [1.82, 2.24) is 5.32 Å². The van der Waals surface area contributed by atoms with Crippen LogP contribution in [-0.4, -0.2) is 33.0 Å². The van der Waals surface area contributed by atoms with Gasteiger partial charge in [0, 0.05) is 12.6 Å². The number of nitrogens with one attached hydrogen (secondary N) is 1. The predicted molar refractivity (Wildman–Crippen MR) is 99.5 cm³/mol. The third kappa shape index (κ3) is 3.68. The zero-order chi connectivity index (χ0) is 19.8. The number of hydrogen-bond donors (Lipinski definition) is 2. The molecule has 0 spiro atoms. The van der Waals surface area contributed by atoms with Crippen LogP contribution in [-0.2, 0) is 14.8 Å². The largest absolute Gasteiger partial charge is 0.484 e. The number of nitrogen functional groups attached to an aromatic ring is 1. The zero-order valence-electron chi connectivity index (χ0n) is 14.8. The normalized spacial score (nSPS) is 19.1. The van der Waals surface area contributed by atoms with E-state index in [-0.39, 0.29) is 17.3 Å². The number of rotatable bonds is 4. The number of hydrogen-bond acceptors (Lipinski definition) is 5. The molecule has 9 heteroatoms. The van der Waals surface area contributed by atoms with Crippen molar-refractivity contribution in [3.63, 3.8) is 0 Å². The molecular weight excluding hydrogens is 373 g/mol. The highest BCUT2D eigenvalue weighted by atomic mass is 32.2. The first kappa shape index (κ1) is 19.0. The van der Waals surface area contributed by atoms with Crippen molar-refractivity contribution in [1.29, 1.82) is 0 Å². The Morgan fingerprint density at radius 2 is 1.93 bits per heavy atom. The fraction of sp³-hybridized carbons (Fsp3) is 0.278. The molecule has 0 bridgehead atoms. The van der Waals surface area contributed by atoms with Gasteiger partial charge in [0.15, 0.2) is 0 Å². The molecule has 3 rings (SSSR count). The van der Waals surface area contributed by atoms with Gasteiger partial charge >= 0.3 is 0 Å². The molecule has 0 saturated carbocycles. The van der Waals surface area contributed by atoms with Crippen molar-refractivity contribution in [2.45, 2.75) is 30.9 Å². The third-order valence-electron chi connectivity index (χ3n) is 4.33. The van der Waals surface area contributed by atoms with E-state index in [1.165, 1.54) is 29.4 Å². The molecule has 2 aromatic carbocycles. The van der Waals surface area contributed by atoms with E-state index in [2.05, 4.69) is 5.32 Å². The Balaban J connectivity index is 2.09. The lowest BCUT2D eigenvalue weighted by molar-refractivity contribution is -0.119. The van der Waals surface area contributed by atoms with E-state index in [1.807, 2.05) is 0 Å². The van der Waals surface area contributed by atoms with E-state index < -0.39 is 28.0 Å². The zero-order valence-corrected chi connectivity index (χ0v) is 15.7. The van der Waals surface area contributed by atoms with Gasteiger partial charge in [-0.25, -0.2) is 12.8 Å². The van der Waals surface area contributed by atoms with Crippen molar-refractivity contribution < 1.29 is 22.3 Å². The first-order valence-electron chi connectivity index (χ1n) is 8.31. The minimum absolute atomic E-state index is 0.0516. The number of sulfonamides is 1. The molecular formula is C18H20FN3O4S. The lowest BCUT2D eigenvalue weighted by Crippen LogP contribution is -2.54. The van der Waals surface area contributed by atoms with Crippen LogP contribution in [0.5, 0.6) is 5.75 Å². The maximum atomic E-state index is 13.3. The molecule has 1 heterocycles. The van der Waals surface area contributed by atoms with Crippen molar-refractivity contribution >= 4 is 27.3 Å². The second kappa shape index (κ2) is 7.07. The van der Waals surface area contributed by atoms with Gasteiger partial charge in [-0.15, -0.1) is 0 Å². The second-order valence-corrected chi connectivity index (χ2v) is 8.13.